The molecule has 4 nitrogen and oxygen atoms in total. The highest BCUT2D eigenvalue weighted by Gasteiger charge is 2.36. The van der Waals surface area contributed by atoms with Gasteiger partial charge in [-0.25, -0.2) is 17.5 Å². The van der Waals surface area contributed by atoms with Crippen molar-refractivity contribution in [1.29, 1.82) is 0 Å². The molecule has 0 amide bonds. The van der Waals surface area contributed by atoms with E-state index in [9.17, 15) is 26.0 Å². The summed E-state index contributed by atoms with van der Waals surface area (Å²) in [5.41, 5.74) is -1.59. The number of alkyl halides is 3. The molecular weight excluding hydrogens is 324 g/mol. The molecule has 1 saturated heterocycles. The zero-order valence-electron chi connectivity index (χ0n) is 11.7. The van der Waals surface area contributed by atoms with Crippen LogP contribution < -0.4 is 10.0 Å². The molecule has 1 aromatic carbocycles. The average Bonchev–Trinajstić information content (AvgIpc) is 2.40. The molecule has 124 valence electrons. The van der Waals surface area contributed by atoms with Gasteiger partial charge < -0.3 is 5.32 Å². The fourth-order valence-corrected chi connectivity index (χ4v) is 3.67. The van der Waals surface area contributed by atoms with Gasteiger partial charge in [0.2, 0.25) is 10.0 Å². The third kappa shape index (κ3) is 3.76. The molecule has 22 heavy (non-hydrogen) atoms. The molecule has 0 spiro atoms. The minimum absolute atomic E-state index is 0.0542. The highest BCUT2D eigenvalue weighted by atomic mass is 32.2. The van der Waals surface area contributed by atoms with E-state index in [0.29, 0.717) is 18.7 Å². The predicted molar refractivity (Wildman–Crippen MR) is 72.2 cm³/mol. The zero-order chi connectivity index (χ0) is 16.5. The van der Waals surface area contributed by atoms with E-state index in [2.05, 4.69) is 10.0 Å². The van der Waals surface area contributed by atoms with E-state index in [4.69, 9.17) is 0 Å². The summed E-state index contributed by atoms with van der Waals surface area (Å²) in [5.74, 6) is -1.45. The highest BCUT2D eigenvalue weighted by molar-refractivity contribution is 7.89. The zero-order valence-corrected chi connectivity index (χ0v) is 12.6. The van der Waals surface area contributed by atoms with Crippen LogP contribution in [0.3, 0.4) is 0 Å². The Morgan fingerprint density at radius 1 is 1.32 bits per heavy atom. The van der Waals surface area contributed by atoms with Crippen LogP contribution in [-0.2, 0) is 16.2 Å². The fourth-order valence-electron chi connectivity index (χ4n) is 2.30. The quantitative estimate of drug-likeness (QED) is 0.829. The lowest BCUT2D eigenvalue weighted by atomic mass is 9.96. The summed E-state index contributed by atoms with van der Waals surface area (Å²) < 4.78 is 78.0. The summed E-state index contributed by atoms with van der Waals surface area (Å²) in [7, 11) is -4.15. The summed E-state index contributed by atoms with van der Waals surface area (Å²) in [5, 5.41) is 3.02. The molecule has 1 aromatic rings. The summed E-state index contributed by atoms with van der Waals surface area (Å²) >= 11 is 0. The Bertz CT molecular complexity index is 646. The molecule has 1 heterocycles. The van der Waals surface area contributed by atoms with Gasteiger partial charge >= 0.3 is 6.18 Å². The van der Waals surface area contributed by atoms with Crippen molar-refractivity contribution in [3.05, 3.63) is 29.6 Å². The number of nitrogens with one attached hydrogen (secondary N) is 2. The number of sulfonamides is 1. The number of halogens is 4. The number of hydrogen-bond donors (Lipinski definition) is 2. The number of rotatable bonds is 3. The van der Waals surface area contributed by atoms with Crippen LogP contribution in [0, 0.1) is 11.7 Å². The summed E-state index contributed by atoms with van der Waals surface area (Å²) in [6.07, 6.45) is -4.19. The molecule has 2 rings (SSSR count). The molecule has 0 saturated carbocycles. The van der Waals surface area contributed by atoms with Gasteiger partial charge in [0, 0.05) is 12.6 Å². The Morgan fingerprint density at radius 2 is 2.00 bits per heavy atom. The second-order valence-corrected chi connectivity index (χ2v) is 7.05. The van der Waals surface area contributed by atoms with Crippen LogP contribution in [0.2, 0.25) is 0 Å². The van der Waals surface area contributed by atoms with Crippen molar-refractivity contribution in [3.8, 4) is 0 Å². The molecule has 1 aliphatic heterocycles. The molecule has 0 aliphatic carbocycles. The Kier molecular flexibility index (Phi) is 4.78. The van der Waals surface area contributed by atoms with Gasteiger partial charge in [0.15, 0.2) is 0 Å². The first-order valence-electron chi connectivity index (χ1n) is 6.71. The SMILES string of the molecule is CC1CCNCC1NS(=O)(=O)c1ccc(F)c(C(F)(F)F)c1. The van der Waals surface area contributed by atoms with Crippen LogP contribution in [-0.4, -0.2) is 27.5 Å². The largest absolute Gasteiger partial charge is 0.419 e. The standard InChI is InChI=1S/C13H16F4N2O2S/c1-8-4-5-18-7-12(8)19-22(20,21)9-2-3-11(14)10(6-9)13(15,16)17/h2-3,6,8,12,18-19H,4-5,7H2,1H3. The molecule has 1 fully saturated rings. The van der Waals surface area contributed by atoms with E-state index >= 15 is 0 Å². The van der Waals surface area contributed by atoms with E-state index in [1.807, 2.05) is 6.92 Å². The van der Waals surface area contributed by atoms with Crippen LogP contribution in [0.15, 0.2) is 23.1 Å². The van der Waals surface area contributed by atoms with Gasteiger partial charge in [0.1, 0.15) is 5.82 Å². The van der Waals surface area contributed by atoms with Gasteiger partial charge in [-0.3, -0.25) is 0 Å². The number of hydrogen-bond acceptors (Lipinski definition) is 3. The highest BCUT2D eigenvalue weighted by Crippen LogP contribution is 2.32. The summed E-state index contributed by atoms with van der Waals surface area (Å²) in [4.78, 5) is -0.598. The van der Waals surface area contributed by atoms with E-state index in [1.54, 1.807) is 0 Å². The van der Waals surface area contributed by atoms with Gasteiger partial charge in [-0.1, -0.05) is 6.92 Å². The lowest BCUT2D eigenvalue weighted by Crippen LogP contribution is -2.50. The van der Waals surface area contributed by atoms with E-state index in [-0.39, 0.29) is 5.92 Å². The van der Waals surface area contributed by atoms with Crippen molar-refractivity contribution in [1.82, 2.24) is 10.0 Å². The van der Waals surface area contributed by atoms with Crippen molar-refractivity contribution in [2.75, 3.05) is 13.1 Å². The van der Waals surface area contributed by atoms with E-state index in [1.165, 1.54) is 0 Å². The van der Waals surface area contributed by atoms with Crippen molar-refractivity contribution < 1.29 is 26.0 Å². The van der Waals surface area contributed by atoms with Gasteiger partial charge in [0.05, 0.1) is 10.5 Å². The van der Waals surface area contributed by atoms with Gasteiger partial charge in [-0.05, 0) is 37.1 Å². The molecule has 9 heteroatoms. The summed E-state index contributed by atoms with van der Waals surface area (Å²) in [6, 6.07) is 1.24. The molecule has 2 N–H and O–H groups in total. The van der Waals surface area contributed by atoms with Gasteiger partial charge in [-0.15, -0.1) is 0 Å². The maximum atomic E-state index is 13.2. The van der Waals surface area contributed by atoms with Crippen molar-refractivity contribution in [2.45, 2.75) is 30.5 Å². The van der Waals surface area contributed by atoms with Crippen LogP contribution >= 0.6 is 0 Å². The Hall–Kier alpha value is -1.19. The topological polar surface area (TPSA) is 58.2 Å². The Labute approximate surface area is 126 Å². The van der Waals surface area contributed by atoms with Crippen molar-refractivity contribution in [2.24, 2.45) is 5.92 Å². The van der Waals surface area contributed by atoms with E-state index < -0.39 is 38.5 Å². The van der Waals surface area contributed by atoms with Crippen molar-refractivity contribution >= 4 is 10.0 Å². The average molecular weight is 340 g/mol. The minimum atomic E-state index is -4.95. The Morgan fingerprint density at radius 3 is 2.59 bits per heavy atom. The molecular formula is C13H16F4N2O2S. The monoisotopic (exact) mass is 340 g/mol. The first-order valence-corrected chi connectivity index (χ1v) is 8.19. The molecule has 0 bridgehead atoms. The van der Waals surface area contributed by atoms with Crippen LogP contribution in [0.25, 0.3) is 0 Å². The third-order valence-electron chi connectivity index (χ3n) is 3.69. The van der Waals surface area contributed by atoms with E-state index in [0.717, 1.165) is 19.0 Å². The third-order valence-corrected chi connectivity index (χ3v) is 5.18. The maximum Gasteiger partial charge on any atom is 0.419 e. The molecule has 2 atom stereocenters. The number of benzene rings is 1. The fraction of sp³-hybridized carbons (Fsp3) is 0.538. The molecule has 0 aromatic heterocycles. The lowest BCUT2D eigenvalue weighted by molar-refractivity contribution is -0.140. The van der Waals surface area contributed by atoms with Crippen LogP contribution in [0.5, 0.6) is 0 Å². The molecule has 1 aliphatic rings. The minimum Gasteiger partial charge on any atom is -0.315 e. The van der Waals surface area contributed by atoms with Crippen LogP contribution in [0.1, 0.15) is 18.9 Å². The Balaban J connectivity index is 2.30. The first kappa shape index (κ1) is 17.2. The predicted octanol–water partition coefficient (Wildman–Crippen LogP) is 2.12. The summed E-state index contributed by atoms with van der Waals surface area (Å²) in [6.45, 7) is 3.02. The lowest BCUT2D eigenvalue weighted by Gasteiger charge is -2.30. The maximum absolute atomic E-state index is 13.2. The van der Waals surface area contributed by atoms with Crippen LogP contribution in [0.4, 0.5) is 17.6 Å². The second kappa shape index (κ2) is 6.13. The van der Waals surface area contributed by atoms with Gasteiger partial charge in [-0.2, -0.15) is 13.2 Å². The molecule has 0 radical (unpaired) electrons. The number of piperidine rings is 1. The second-order valence-electron chi connectivity index (χ2n) is 5.34. The first-order chi connectivity index (χ1) is 10.1. The normalized spacial score (nSPS) is 23.5. The van der Waals surface area contributed by atoms with Gasteiger partial charge in [0.25, 0.3) is 0 Å². The smallest absolute Gasteiger partial charge is 0.315 e. The van der Waals surface area contributed by atoms with Crippen molar-refractivity contribution in [3.63, 3.8) is 0 Å². The molecule has 2 unspecified atom stereocenters.